The predicted molar refractivity (Wildman–Crippen MR) is 148 cm³/mol. The van der Waals surface area contributed by atoms with Gasteiger partial charge in [-0.05, 0) is 36.1 Å². The van der Waals surface area contributed by atoms with Crippen LogP contribution in [0, 0.1) is 0 Å². The highest BCUT2D eigenvalue weighted by atomic mass is 32.1. The van der Waals surface area contributed by atoms with Crippen LogP contribution in [0.4, 0.5) is 9.59 Å². The SMILES string of the molecule is O=C(O)NCC[C@H](O)[C@@H](NC(=O)OCc1cncs1)C(Cc1ccc(-c2ccccn2)cc1)c1ccccc1. The summed E-state index contributed by atoms with van der Waals surface area (Å²) in [5.74, 6) is -0.331. The van der Waals surface area contributed by atoms with E-state index in [0.717, 1.165) is 27.3 Å². The summed E-state index contributed by atoms with van der Waals surface area (Å²) in [7, 11) is 0. The minimum Gasteiger partial charge on any atom is -0.465 e. The first-order valence-corrected chi connectivity index (χ1v) is 13.4. The molecule has 2 amide bonds. The molecule has 0 radical (unpaired) electrons. The maximum absolute atomic E-state index is 12.8. The van der Waals surface area contributed by atoms with E-state index in [1.165, 1.54) is 11.3 Å². The third kappa shape index (κ3) is 8.36. The van der Waals surface area contributed by atoms with E-state index >= 15 is 0 Å². The molecule has 9 nitrogen and oxygen atoms in total. The van der Waals surface area contributed by atoms with Gasteiger partial charge in [0.05, 0.1) is 28.2 Å². The van der Waals surface area contributed by atoms with E-state index in [2.05, 4.69) is 20.6 Å². The fourth-order valence-corrected chi connectivity index (χ4v) is 4.86. The number of rotatable bonds is 12. The van der Waals surface area contributed by atoms with Crippen molar-refractivity contribution in [1.29, 1.82) is 0 Å². The minimum atomic E-state index is -1.18. The predicted octanol–water partition coefficient (Wildman–Crippen LogP) is 4.85. The molecule has 0 aliphatic rings. The number of nitrogens with one attached hydrogen (secondary N) is 2. The highest BCUT2D eigenvalue weighted by Crippen LogP contribution is 2.29. The van der Waals surface area contributed by atoms with Crippen molar-refractivity contribution in [3.63, 3.8) is 0 Å². The number of benzene rings is 2. The molecule has 39 heavy (non-hydrogen) atoms. The number of aliphatic hydroxyl groups is 1. The van der Waals surface area contributed by atoms with E-state index in [0.29, 0.717) is 6.42 Å². The van der Waals surface area contributed by atoms with E-state index in [4.69, 9.17) is 9.84 Å². The molecule has 2 aromatic carbocycles. The van der Waals surface area contributed by atoms with Gasteiger partial charge in [-0.2, -0.15) is 0 Å². The number of carbonyl (C=O) groups is 2. The zero-order valence-corrected chi connectivity index (χ0v) is 22.0. The summed E-state index contributed by atoms with van der Waals surface area (Å²) in [5, 5.41) is 25.3. The van der Waals surface area contributed by atoms with Crippen LogP contribution in [0.25, 0.3) is 11.3 Å². The van der Waals surface area contributed by atoms with Gasteiger partial charge in [0.25, 0.3) is 0 Å². The molecule has 0 aliphatic heterocycles. The van der Waals surface area contributed by atoms with Gasteiger partial charge < -0.3 is 25.6 Å². The van der Waals surface area contributed by atoms with E-state index in [-0.39, 0.29) is 25.5 Å². The van der Waals surface area contributed by atoms with E-state index in [1.807, 2.05) is 72.8 Å². The van der Waals surface area contributed by atoms with Crippen molar-refractivity contribution in [2.24, 2.45) is 0 Å². The Hall–Kier alpha value is -4.28. The largest absolute Gasteiger partial charge is 0.465 e. The van der Waals surface area contributed by atoms with Crippen molar-refractivity contribution in [2.75, 3.05) is 6.54 Å². The third-order valence-electron chi connectivity index (χ3n) is 6.28. The number of aliphatic hydroxyl groups excluding tert-OH is 1. The Balaban J connectivity index is 1.57. The monoisotopic (exact) mass is 546 g/mol. The van der Waals surface area contributed by atoms with Crippen LogP contribution in [0.1, 0.15) is 28.3 Å². The molecule has 0 aliphatic carbocycles. The maximum Gasteiger partial charge on any atom is 0.407 e. The molecule has 2 heterocycles. The number of carboxylic acid groups (broad SMARTS) is 1. The normalized spacial score (nSPS) is 13.2. The van der Waals surface area contributed by atoms with Crippen molar-refractivity contribution < 1.29 is 24.5 Å². The highest BCUT2D eigenvalue weighted by molar-refractivity contribution is 7.09. The summed E-state index contributed by atoms with van der Waals surface area (Å²) < 4.78 is 5.40. The average molecular weight is 547 g/mol. The number of thiazole rings is 1. The Morgan fingerprint density at radius 1 is 1.00 bits per heavy atom. The van der Waals surface area contributed by atoms with Crippen LogP contribution in [0.15, 0.2) is 90.7 Å². The molecule has 0 bridgehead atoms. The number of pyridine rings is 1. The number of amides is 2. The highest BCUT2D eigenvalue weighted by Gasteiger charge is 2.32. The van der Waals surface area contributed by atoms with Crippen molar-refractivity contribution in [1.82, 2.24) is 20.6 Å². The number of carbonyl (C=O) groups excluding carboxylic acids is 1. The zero-order chi connectivity index (χ0) is 27.5. The first kappa shape index (κ1) is 27.7. The molecule has 4 aromatic rings. The van der Waals surface area contributed by atoms with Gasteiger partial charge >= 0.3 is 12.2 Å². The van der Waals surface area contributed by atoms with Gasteiger partial charge in [-0.25, -0.2) is 9.59 Å². The van der Waals surface area contributed by atoms with Crippen molar-refractivity contribution in [3.8, 4) is 11.3 Å². The lowest BCUT2D eigenvalue weighted by Gasteiger charge is -2.32. The standard InChI is InChI=1S/C29H30N4O5S/c34-26(13-15-32-28(35)36)27(33-29(37)38-18-23-17-30-19-39-23)24(21-6-2-1-3-7-21)16-20-9-11-22(12-10-20)25-8-4-5-14-31-25/h1-12,14,17,19,24,26-27,32,34H,13,15-16,18H2,(H,33,37)(H,35,36)/t24?,26-,27-/m0/s1. The van der Waals surface area contributed by atoms with E-state index in [1.54, 1.807) is 17.9 Å². The van der Waals surface area contributed by atoms with Crippen LogP contribution in [-0.4, -0.2) is 51.1 Å². The fourth-order valence-electron chi connectivity index (χ4n) is 4.35. The van der Waals surface area contributed by atoms with E-state index in [9.17, 15) is 14.7 Å². The Labute approximate surface area is 230 Å². The topological polar surface area (TPSA) is 134 Å². The molecular weight excluding hydrogens is 516 g/mol. The minimum absolute atomic E-state index is 0.0326. The molecule has 2 aromatic heterocycles. The first-order chi connectivity index (χ1) is 19.0. The molecule has 0 fully saturated rings. The number of ether oxygens (including phenoxy) is 1. The van der Waals surface area contributed by atoms with Crippen molar-refractivity contribution >= 4 is 23.5 Å². The number of aromatic nitrogens is 2. The van der Waals surface area contributed by atoms with Gasteiger partial charge in [-0.3, -0.25) is 9.97 Å². The molecule has 202 valence electrons. The first-order valence-electron chi connectivity index (χ1n) is 12.5. The molecule has 1 unspecified atom stereocenters. The Kier molecular flexibility index (Phi) is 9.98. The second-order valence-corrected chi connectivity index (χ2v) is 9.91. The summed E-state index contributed by atoms with van der Waals surface area (Å²) in [6.45, 7) is 0.0930. The molecule has 4 N–H and O–H groups in total. The lowest BCUT2D eigenvalue weighted by molar-refractivity contribution is 0.0870. The van der Waals surface area contributed by atoms with Crippen LogP contribution in [-0.2, 0) is 17.8 Å². The van der Waals surface area contributed by atoms with Crippen LogP contribution < -0.4 is 10.6 Å². The van der Waals surface area contributed by atoms with Gasteiger partial charge in [-0.15, -0.1) is 11.3 Å². The van der Waals surface area contributed by atoms with Gasteiger partial charge in [0.2, 0.25) is 0 Å². The average Bonchev–Trinajstić information content (AvgIpc) is 3.49. The Morgan fingerprint density at radius 2 is 1.77 bits per heavy atom. The van der Waals surface area contributed by atoms with Crippen LogP contribution in [0.2, 0.25) is 0 Å². The number of nitrogens with zero attached hydrogens (tertiary/aromatic N) is 2. The smallest absolute Gasteiger partial charge is 0.407 e. The van der Waals surface area contributed by atoms with Crippen LogP contribution in [0.3, 0.4) is 0 Å². The summed E-state index contributed by atoms with van der Waals surface area (Å²) in [5.41, 5.74) is 5.43. The lowest BCUT2D eigenvalue weighted by atomic mass is 9.82. The summed E-state index contributed by atoms with van der Waals surface area (Å²) >= 11 is 1.37. The van der Waals surface area contributed by atoms with Crippen molar-refractivity contribution in [2.45, 2.75) is 37.5 Å². The Morgan fingerprint density at radius 3 is 2.44 bits per heavy atom. The molecule has 3 atom stereocenters. The third-order valence-corrected chi connectivity index (χ3v) is 7.03. The quantitative estimate of drug-likeness (QED) is 0.200. The zero-order valence-electron chi connectivity index (χ0n) is 21.1. The molecule has 10 heteroatoms. The van der Waals surface area contributed by atoms with Gasteiger partial charge in [0.15, 0.2) is 0 Å². The lowest BCUT2D eigenvalue weighted by Crippen LogP contribution is -2.49. The summed E-state index contributed by atoms with van der Waals surface area (Å²) in [6.07, 6.45) is 1.09. The number of hydrogen-bond donors (Lipinski definition) is 4. The number of hydrogen-bond acceptors (Lipinski definition) is 7. The number of alkyl carbamates (subject to hydrolysis) is 1. The van der Waals surface area contributed by atoms with Gasteiger partial charge in [0, 0.05) is 30.4 Å². The maximum atomic E-state index is 12.8. The fraction of sp³-hybridized carbons (Fsp3) is 0.241. The van der Waals surface area contributed by atoms with Crippen molar-refractivity contribution in [3.05, 3.63) is 107 Å². The molecular formula is C29H30N4O5S. The molecule has 4 rings (SSSR count). The molecule has 0 saturated carbocycles. The molecule has 0 spiro atoms. The Bertz CT molecular complexity index is 1300. The second-order valence-electron chi connectivity index (χ2n) is 8.94. The summed E-state index contributed by atoms with van der Waals surface area (Å²) in [4.78, 5) is 33.0. The van der Waals surface area contributed by atoms with Crippen LogP contribution >= 0.6 is 11.3 Å². The summed E-state index contributed by atoms with van der Waals surface area (Å²) in [6, 6.07) is 22.6. The van der Waals surface area contributed by atoms with Crippen LogP contribution in [0.5, 0.6) is 0 Å². The van der Waals surface area contributed by atoms with E-state index < -0.39 is 24.3 Å². The van der Waals surface area contributed by atoms with Gasteiger partial charge in [-0.1, -0.05) is 60.7 Å². The second kappa shape index (κ2) is 14.0. The van der Waals surface area contributed by atoms with Gasteiger partial charge in [0.1, 0.15) is 6.61 Å². The molecule has 0 saturated heterocycles.